The van der Waals surface area contributed by atoms with Crippen molar-refractivity contribution in [1.29, 1.82) is 0 Å². The summed E-state index contributed by atoms with van der Waals surface area (Å²) in [6, 6.07) is 9.51. The van der Waals surface area contributed by atoms with E-state index in [9.17, 15) is 4.79 Å². The maximum Gasteiger partial charge on any atom is 0.415 e. The SMILES string of the molecule is COc1c(C)cnc(CN(C(=O)OC(C)(C)C)c2cccc3ncccc23)c1C. The van der Waals surface area contributed by atoms with Gasteiger partial charge in [0.25, 0.3) is 0 Å². The molecule has 0 spiro atoms. The van der Waals surface area contributed by atoms with Gasteiger partial charge >= 0.3 is 6.09 Å². The fourth-order valence-electron chi connectivity index (χ4n) is 3.27. The van der Waals surface area contributed by atoms with Crippen LogP contribution in [0.25, 0.3) is 10.9 Å². The second kappa shape index (κ2) is 8.07. The van der Waals surface area contributed by atoms with Crippen molar-refractivity contribution in [3.63, 3.8) is 0 Å². The largest absolute Gasteiger partial charge is 0.496 e. The van der Waals surface area contributed by atoms with E-state index < -0.39 is 11.7 Å². The first-order valence-corrected chi connectivity index (χ1v) is 9.54. The third-order valence-electron chi connectivity index (χ3n) is 4.59. The van der Waals surface area contributed by atoms with Gasteiger partial charge in [-0.3, -0.25) is 14.9 Å². The van der Waals surface area contributed by atoms with Crippen LogP contribution in [-0.4, -0.2) is 28.8 Å². The number of aromatic nitrogens is 2. The van der Waals surface area contributed by atoms with Crippen LogP contribution >= 0.6 is 0 Å². The van der Waals surface area contributed by atoms with Gasteiger partial charge in [-0.1, -0.05) is 6.07 Å². The van der Waals surface area contributed by atoms with Gasteiger partial charge in [0.2, 0.25) is 0 Å². The first-order chi connectivity index (χ1) is 13.7. The highest BCUT2D eigenvalue weighted by Gasteiger charge is 2.26. The summed E-state index contributed by atoms with van der Waals surface area (Å²) in [4.78, 5) is 23.7. The molecule has 1 aromatic carbocycles. The number of fused-ring (bicyclic) bond motifs is 1. The molecule has 1 amide bonds. The number of amides is 1. The van der Waals surface area contributed by atoms with E-state index in [1.807, 2.05) is 65.0 Å². The minimum absolute atomic E-state index is 0.255. The molecule has 0 aliphatic rings. The third-order valence-corrected chi connectivity index (χ3v) is 4.59. The van der Waals surface area contributed by atoms with Crippen molar-refractivity contribution in [2.24, 2.45) is 0 Å². The van der Waals surface area contributed by atoms with E-state index in [1.54, 1.807) is 24.4 Å². The number of pyridine rings is 2. The van der Waals surface area contributed by atoms with E-state index >= 15 is 0 Å². The summed E-state index contributed by atoms with van der Waals surface area (Å²) in [6.45, 7) is 9.71. The van der Waals surface area contributed by atoms with Crippen molar-refractivity contribution in [3.8, 4) is 5.75 Å². The average Bonchev–Trinajstić information content (AvgIpc) is 2.66. The molecule has 0 atom stereocenters. The van der Waals surface area contributed by atoms with Crippen LogP contribution in [0.2, 0.25) is 0 Å². The summed E-state index contributed by atoms with van der Waals surface area (Å²) >= 11 is 0. The molecule has 3 aromatic rings. The van der Waals surface area contributed by atoms with Crippen molar-refractivity contribution in [1.82, 2.24) is 9.97 Å². The highest BCUT2D eigenvalue weighted by molar-refractivity contribution is 6.00. The van der Waals surface area contributed by atoms with Gasteiger partial charge in [0.15, 0.2) is 0 Å². The minimum atomic E-state index is -0.619. The van der Waals surface area contributed by atoms with Crippen LogP contribution in [0.4, 0.5) is 10.5 Å². The van der Waals surface area contributed by atoms with Gasteiger partial charge < -0.3 is 9.47 Å². The number of benzene rings is 1. The Balaban J connectivity index is 2.11. The lowest BCUT2D eigenvalue weighted by Gasteiger charge is -2.28. The predicted molar refractivity (Wildman–Crippen MR) is 114 cm³/mol. The summed E-state index contributed by atoms with van der Waals surface area (Å²) < 4.78 is 11.2. The quantitative estimate of drug-likeness (QED) is 0.610. The molecule has 0 aliphatic heterocycles. The molecule has 0 aliphatic carbocycles. The Kier molecular flexibility index (Phi) is 5.73. The minimum Gasteiger partial charge on any atom is -0.496 e. The number of carbonyl (C=O) groups excluding carboxylic acids is 1. The molecule has 0 saturated heterocycles. The number of ether oxygens (including phenoxy) is 2. The molecular weight excluding hydrogens is 366 g/mol. The lowest BCUT2D eigenvalue weighted by molar-refractivity contribution is 0.0577. The normalized spacial score (nSPS) is 11.4. The number of hydrogen-bond donors (Lipinski definition) is 0. The number of hydrogen-bond acceptors (Lipinski definition) is 5. The molecule has 29 heavy (non-hydrogen) atoms. The number of methoxy groups -OCH3 is 1. The Hall–Kier alpha value is -3.15. The van der Waals surface area contributed by atoms with Crippen molar-refractivity contribution in [3.05, 3.63) is 59.5 Å². The molecule has 0 bridgehead atoms. The number of carbonyl (C=O) groups is 1. The van der Waals surface area contributed by atoms with Crippen molar-refractivity contribution in [2.45, 2.75) is 46.8 Å². The van der Waals surface area contributed by atoms with Crippen molar-refractivity contribution in [2.75, 3.05) is 12.0 Å². The molecule has 2 aromatic heterocycles. The molecule has 3 rings (SSSR count). The topological polar surface area (TPSA) is 64.5 Å². The van der Waals surface area contributed by atoms with Gasteiger partial charge in [-0.15, -0.1) is 0 Å². The molecule has 0 unspecified atom stereocenters. The monoisotopic (exact) mass is 393 g/mol. The van der Waals surface area contributed by atoms with E-state index in [2.05, 4.69) is 9.97 Å². The second-order valence-corrected chi connectivity index (χ2v) is 7.96. The molecule has 0 N–H and O–H groups in total. The van der Waals surface area contributed by atoms with Gasteiger partial charge in [-0.05, 0) is 58.9 Å². The Morgan fingerprint density at radius 1 is 1.10 bits per heavy atom. The average molecular weight is 393 g/mol. The lowest BCUT2D eigenvalue weighted by atomic mass is 10.1. The maximum atomic E-state index is 13.2. The molecule has 0 fully saturated rings. The van der Waals surface area contributed by atoms with E-state index in [-0.39, 0.29) is 6.54 Å². The van der Waals surface area contributed by atoms with Crippen LogP contribution in [-0.2, 0) is 11.3 Å². The smallest absolute Gasteiger partial charge is 0.415 e. The maximum absolute atomic E-state index is 13.2. The molecule has 6 heteroatoms. The number of nitrogens with zero attached hydrogens (tertiary/aromatic N) is 3. The molecule has 0 saturated carbocycles. The first kappa shape index (κ1) is 20.6. The fraction of sp³-hybridized carbons (Fsp3) is 0.348. The second-order valence-electron chi connectivity index (χ2n) is 7.96. The van der Waals surface area contributed by atoms with Crippen LogP contribution in [0.1, 0.15) is 37.6 Å². The molecule has 152 valence electrons. The summed E-state index contributed by atoms with van der Waals surface area (Å²) in [6.07, 6.45) is 3.06. The Morgan fingerprint density at radius 3 is 2.55 bits per heavy atom. The summed E-state index contributed by atoms with van der Waals surface area (Å²) in [7, 11) is 1.64. The van der Waals surface area contributed by atoms with Crippen LogP contribution in [0.5, 0.6) is 5.75 Å². The van der Waals surface area contributed by atoms with E-state index in [0.29, 0.717) is 0 Å². The van der Waals surface area contributed by atoms with Gasteiger partial charge in [-0.25, -0.2) is 4.79 Å². The van der Waals surface area contributed by atoms with Crippen LogP contribution in [0.15, 0.2) is 42.7 Å². The Labute approximate surface area is 171 Å². The molecule has 2 heterocycles. The fourth-order valence-corrected chi connectivity index (χ4v) is 3.27. The Morgan fingerprint density at radius 2 is 1.86 bits per heavy atom. The standard InChI is InChI=1S/C23H27N3O3/c1-15-13-25-19(16(2)21(15)28-6)14-26(22(27)29-23(3,4)5)20-11-7-10-18-17(20)9-8-12-24-18/h7-13H,14H2,1-6H3. The van der Waals surface area contributed by atoms with Gasteiger partial charge in [0, 0.05) is 28.9 Å². The van der Waals surface area contributed by atoms with Gasteiger partial charge in [0.05, 0.1) is 30.6 Å². The molecule has 6 nitrogen and oxygen atoms in total. The Bertz CT molecular complexity index is 1040. The number of aryl methyl sites for hydroxylation is 1. The van der Waals surface area contributed by atoms with E-state index in [4.69, 9.17) is 9.47 Å². The van der Waals surface area contributed by atoms with E-state index in [0.717, 1.165) is 39.2 Å². The zero-order valence-electron chi connectivity index (χ0n) is 17.8. The van der Waals surface area contributed by atoms with Gasteiger partial charge in [0.1, 0.15) is 11.4 Å². The van der Waals surface area contributed by atoms with Crippen molar-refractivity contribution < 1.29 is 14.3 Å². The third kappa shape index (κ3) is 4.47. The van der Waals surface area contributed by atoms with Crippen LogP contribution < -0.4 is 9.64 Å². The predicted octanol–water partition coefficient (Wildman–Crippen LogP) is 5.20. The first-order valence-electron chi connectivity index (χ1n) is 9.54. The highest BCUT2D eigenvalue weighted by atomic mass is 16.6. The number of anilines is 1. The van der Waals surface area contributed by atoms with E-state index in [1.165, 1.54) is 0 Å². The van der Waals surface area contributed by atoms with Crippen LogP contribution in [0.3, 0.4) is 0 Å². The van der Waals surface area contributed by atoms with Gasteiger partial charge in [-0.2, -0.15) is 0 Å². The number of rotatable bonds is 4. The summed E-state index contributed by atoms with van der Waals surface area (Å²) in [5, 5.41) is 0.873. The zero-order chi connectivity index (χ0) is 21.2. The molecule has 0 radical (unpaired) electrons. The highest BCUT2D eigenvalue weighted by Crippen LogP contribution is 2.30. The summed E-state index contributed by atoms with van der Waals surface area (Å²) in [5.74, 6) is 0.777. The summed E-state index contributed by atoms with van der Waals surface area (Å²) in [5.41, 5.74) is 3.52. The zero-order valence-corrected chi connectivity index (χ0v) is 17.8. The lowest BCUT2D eigenvalue weighted by Crippen LogP contribution is -2.37. The van der Waals surface area contributed by atoms with Crippen LogP contribution in [0, 0.1) is 13.8 Å². The van der Waals surface area contributed by atoms with Crippen molar-refractivity contribution >= 4 is 22.7 Å². The molecular formula is C23H27N3O3.